The first-order valence-corrected chi connectivity index (χ1v) is 6.72. The van der Waals surface area contributed by atoms with Gasteiger partial charge in [-0.3, -0.25) is 4.99 Å². The molecule has 0 unspecified atom stereocenters. The second-order valence-electron chi connectivity index (χ2n) is 5.12. The molecule has 0 spiro atoms. The van der Waals surface area contributed by atoms with Crippen LogP contribution in [0, 0.1) is 18.2 Å². The van der Waals surface area contributed by atoms with Crippen LogP contribution < -0.4 is 10.6 Å². The van der Waals surface area contributed by atoms with E-state index in [9.17, 15) is 4.39 Å². The lowest BCUT2D eigenvalue weighted by atomic mass is 9.84. The average molecular weight is 403 g/mol. The molecule has 0 saturated carbocycles. The summed E-state index contributed by atoms with van der Waals surface area (Å²) in [5.41, 5.74) is 0.278. The van der Waals surface area contributed by atoms with Crippen molar-refractivity contribution in [3.63, 3.8) is 0 Å². The Labute approximate surface area is 143 Å². The molecule has 3 nitrogen and oxygen atoms in total. The van der Waals surface area contributed by atoms with Gasteiger partial charge in [0.25, 0.3) is 0 Å². The Kier molecular flexibility index (Phi) is 9.02. The highest BCUT2D eigenvalue weighted by Gasteiger charge is 2.23. The predicted molar refractivity (Wildman–Crippen MR) is 97.7 cm³/mol. The molecule has 0 radical (unpaired) electrons. The van der Waals surface area contributed by atoms with Crippen LogP contribution in [-0.2, 0) is 5.41 Å². The van der Waals surface area contributed by atoms with Gasteiger partial charge >= 0.3 is 0 Å². The van der Waals surface area contributed by atoms with Crippen LogP contribution in [0.3, 0.4) is 0 Å². The summed E-state index contributed by atoms with van der Waals surface area (Å²) in [6.07, 6.45) is 5.22. The van der Waals surface area contributed by atoms with Crippen LogP contribution in [0.25, 0.3) is 0 Å². The van der Waals surface area contributed by atoms with E-state index in [1.807, 2.05) is 26.8 Å². The maximum absolute atomic E-state index is 13.9. The molecule has 0 saturated heterocycles. The Hall–Kier alpha value is -1.29. The first-order chi connectivity index (χ1) is 9.51. The standard InChI is InChI=1S/C16H22FN3.HI/c1-5-11-19-15(18-6-2)20-12-16(3,4)13-9-7-8-10-14(13)17;/h1,7-10H,6,11-12H2,2-4H3,(H2,18,19,20);1H. The quantitative estimate of drug-likeness (QED) is 0.343. The summed E-state index contributed by atoms with van der Waals surface area (Å²) in [7, 11) is 0. The summed E-state index contributed by atoms with van der Waals surface area (Å²) < 4.78 is 13.9. The number of hydrogen-bond donors (Lipinski definition) is 2. The fourth-order valence-corrected chi connectivity index (χ4v) is 1.85. The minimum absolute atomic E-state index is 0. The SMILES string of the molecule is C#CCNC(=NCC(C)(C)c1ccccc1F)NCC.I. The number of hydrogen-bond acceptors (Lipinski definition) is 1. The van der Waals surface area contributed by atoms with E-state index in [-0.39, 0.29) is 35.2 Å². The van der Waals surface area contributed by atoms with Crippen molar-refractivity contribution >= 4 is 29.9 Å². The lowest BCUT2D eigenvalue weighted by Crippen LogP contribution is -2.38. The minimum Gasteiger partial charge on any atom is -0.357 e. The van der Waals surface area contributed by atoms with E-state index >= 15 is 0 Å². The van der Waals surface area contributed by atoms with E-state index in [1.54, 1.807) is 12.1 Å². The summed E-state index contributed by atoms with van der Waals surface area (Å²) >= 11 is 0. The van der Waals surface area contributed by atoms with Crippen LogP contribution in [0.1, 0.15) is 26.3 Å². The van der Waals surface area contributed by atoms with Gasteiger partial charge in [-0.2, -0.15) is 0 Å². The molecule has 0 fully saturated rings. The van der Waals surface area contributed by atoms with Gasteiger partial charge in [-0.15, -0.1) is 30.4 Å². The van der Waals surface area contributed by atoms with Crippen molar-refractivity contribution in [2.24, 2.45) is 4.99 Å². The molecule has 0 aliphatic heterocycles. The summed E-state index contributed by atoms with van der Waals surface area (Å²) in [5.74, 6) is 2.95. The molecule has 0 bridgehead atoms. The fraction of sp³-hybridized carbons (Fsp3) is 0.438. The van der Waals surface area contributed by atoms with Gasteiger partial charge in [0.15, 0.2) is 5.96 Å². The molecule has 1 rings (SSSR count). The molecule has 5 heteroatoms. The van der Waals surface area contributed by atoms with Gasteiger partial charge in [-0.05, 0) is 18.6 Å². The van der Waals surface area contributed by atoms with Gasteiger partial charge in [0.05, 0.1) is 13.1 Å². The average Bonchev–Trinajstić information content (AvgIpc) is 2.42. The van der Waals surface area contributed by atoms with Gasteiger partial charge in [0.2, 0.25) is 0 Å². The van der Waals surface area contributed by atoms with E-state index in [2.05, 4.69) is 21.5 Å². The van der Waals surface area contributed by atoms with Crippen LogP contribution >= 0.6 is 24.0 Å². The number of guanidine groups is 1. The highest BCUT2D eigenvalue weighted by atomic mass is 127. The van der Waals surface area contributed by atoms with Crippen LogP contribution in [0.4, 0.5) is 4.39 Å². The number of aliphatic imine (C=N–C) groups is 1. The molecular weight excluding hydrogens is 380 g/mol. The van der Waals surface area contributed by atoms with Crippen LogP contribution in [-0.4, -0.2) is 25.6 Å². The zero-order chi connectivity index (χ0) is 15.0. The van der Waals surface area contributed by atoms with E-state index < -0.39 is 0 Å². The van der Waals surface area contributed by atoms with Crippen molar-refractivity contribution in [2.45, 2.75) is 26.2 Å². The number of terminal acetylenes is 1. The lowest BCUT2D eigenvalue weighted by molar-refractivity contribution is 0.492. The third-order valence-corrected chi connectivity index (χ3v) is 2.94. The first-order valence-electron chi connectivity index (χ1n) is 6.72. The monoisotopic (exact) mass is 403 g/mol. The summed E-state index contributed by atoms with van der Waals surface area (Å²) in [6, 6.07) is 6.80. The second-order valence-corrected chi connectivity index (χ2v) is 5.12. The van der Waals surface area contributed by atoms with Gasteiger partial charge in [-0.25, -0.2) is 4.39 Å². The Morgan fingerprint density at radius 3 is 2.57 bits per heavy atom. The number of rotatable bonds is 5. The van der Waals surface area contributed by atoms with Crippen molar-refractivity contribution in [1.82, 2.24) is 10.6 Å². The number of nitrogens with one attached hydrogen (secondary N) is 2. The minimum atomic E-state index is -0.385. The molecule has 0 aromatic heterocycles. The van der Waals surface area contributed by atoms with Crippen LogP contribution in [0.2, 0.25) is 0 Å². The van der Waals surface area contributed by atoms with Crippen LogP contribution in [0.15, 0.2) is 29.3 Å². The van der Waals surface area contributed by atoms with Crippen LogP contribution in [0.5, 0.6) is 0 Å². The van der Waals surface area contributed by atoms with Gasteiger partial charge < -0.3 is 10.6 Å². The third-order valence-electron chi connectivity index (χ3n) is 2.94. The van der Waals surface area contributed by atoms with Gasteiger partial charge in [-0.1, -0.05) is 38.0 Å². The Balaban J connectivity index is 0.00000400. The lowest BCUT2D eigenvalue weighted by Gasteiger charge is -2.24. The molecule has 0 aliphatic carbocycles. The normalized spacial score (nSPS) is 11.3. The molecule has 0 aliphatic rings. The summed E-state index contributed by atoms with van der Waals surface area (Å²) in [4.78, 5) is 4.47. The Bertz CT molecular complexity index is 506. The van der Waals surface area contributed by atoms with E-state index in [0.29, 0.717) is 24.6 Å². The molecule has 0 atom stereocenters. The van der Waals surface area contributed by atoms with Crippen molar-refractivity contribution in [2.75, 3.05) is 19.6 Å². The van der Waals surface area contributed by atoms with E-state index in [1.165, 1.54) is 6.07 Å². The summed E-state index contributed by atoms with van der Waals surface area (Å²) in [5, 5.41) is 6.12. The smallest absolute Gasteiger partial charge is 0.192 e. The molecule has 1 aromatic carbocycles. The topological polar surface area (TPSA) is 36.4 Å². The number of halogens is 2. The second kappa shape index (κ2) is 9.61. The predicted octanol–water partition coefficient (Wildman–Crippen LogP) is 2.91. The molecule has 21 heavy (non-hydrogen) atoms. The molecule has 0 amide bonds. The Morgan fingerprint density at radius 2 is 2.00 bits per heavy atom. The number of benzene rings is 1. The zero-order valence-electron chi connectivity index (χ0n) is 12.7. The van der Waals surface area contributed by atoms with Gasteiger partial charge in [0, 0.05) is 12.0 Å². The first kappa shape index (κ1) is 19.7. The molecule has 116 valence electrons. The molecule has 0 heterocycles. The molecular formula is C16H23FIN3. The highest BCUT2D eigenvalue weighted by Crippen LogP contribution is 2.25. The fourth-order valence-electron chi connectivity index (χ4n) is 1.85. The van der Waals surface area contributed by atoms with Crippen molar-refractivity contribution < 1.29 is 4.39 Å². The van der Waals surface area contributed by atoms with Crippen molar-refractivity contribution in [1.29, 1.82) is 0 Å². The Morgan fingerprint density at radius 1 is 1.33 bits per heavy atom. The van der Waals surface area contributed by atoms with Gasteiger partial charge in [0.1, 0.15) is 5.82 Å². The maximum atomic E-state index is 13.9. The maximum Gasteiger partial charge on any atom is 0.192 e. The number of nitrogens with zero attached hydrogens (tertiary/aromatic N) is 1. The largest absolute Gasteiger partial charge is 0.357 e. The highest BCUT2D eigenvalue weighted by molar-refractivity contribution is 14.0. The van der Waals surface area contributed by atoms with Crippen molar-refractivity contribution in [3.05, 3.63) is 35.6 Å². The van der Waals surface area contributed by atoms with E-state index in [4.69, 9.17) is 6.42 Å². The van der Waals surface area contributed by atoms with Crippen molar-refractivity contribution in [3.8, 4) is 12.3 Å². The third kappa shape index (κ3) is 6.34. The zero-order valence-corrected chi connectivity index (χ0v) is 15.1. The summed E-state index contributed by atoms with van der Waals surface area (Å²) in [6.45, 7) is 7.55. The van der Waals surface area contributed by atoms with E-state index in [0.717, 1.165) is 6.54 Å². The molecule has 1 aromatic rings. The molecule has 2 N–H and O–H groups in total.